The summed E-state index contributed by atoms with van der Waals surface area (Å²) >= 11 is 7.53. The number of thiophene rings is 1. The summed E-state index contributed by atoms with van der Waals surface area (Å²) in [7, 11) is 0. The van der Waals surface area contributed by atoms with Crippen molar-refractivity contribution in [3.8, 4) is 5.75 Å². The van der Waals surface area contributed by atoms with E-state index in [-0.39, 0.29) is 5.91 Å². The molecule has 142 valence electrons. The second kappa shape index (κ2) is 8.59. The van der Waals surface area contributed by atoms with Gasteiger partial charge in [-0.2, -0.15) is 5.10 Å². The van der Waals surface area contributed by atoms with Crippen LogP contribution in [0.5, 0.6) is 5.75 Å². The van der Waals surface area contributed by atoms with Crippen molar-refractivity contribution >= 4 is 28.8 Å². The molecule has 0 saturated heterocycles. The fourth-order valence-corrected chi connectivity index (χ4v) is 3.65. The molecule has 5 nitrogen and oxygen atoms in total. The van der Waals surface area contributed by atoms with Gasteiger partial charge in [0.2, 0.25) is 0 Å². The van der Waals surface area contributed by atoms with E-state index in [1.54, 1.807) is 10.9 Å². The number of halogens is 1. The normalized spacial score (nSPS) is 10.8. The maximum atomic E-state index is 12.4. The van der Waals surface area contributed by atoms with Crippen molar-refractivity contribution in [3.05, 3.63) is 68.1 Å². The number of carbonyl (C=O) groups excluding carboxylic acids is 1. The molecule has 0 bridgehead atoms. The fraction of sp³-hybridized carbons (Fsp3) is 0.300. The van der Waals surface area contributed by atoms with Gasteiger partial charge in [-0.05, 0) is 55.5 Å². The Morgan fingerprint density at radius 3 is 2.85 bits per heavy atom. The summed E-state index contributed by atoms with van der Waals surface area (Å²) in [6.45, 7) is 7.60. The minimum Gasteiger partial charge on any atom is -0.489 e. The lowest BCUT2D eigenvalue weighted by Crippen LogP contribution is -2.23. The van der Waals surface area contributed by atoms with E-state index < -0.39 is 0 Å². The number of rotatable bonds is 7. The summed E-state index contributed by atoms with van der Waals surface area (Å²) in [4.78, 5) is 13.1. The Bertz CT molecular complexity index is 949. The number of aryl methyl sites for hydroxylation is 3. The van der Waals surface area contributed by atoms with Crippen LogP contribution in [0.2, 0.25) is 5.02 Å². The molecule has 1 N–H and O–H groups in total. The van der Waals surface area contributed by atoms with E-state index in [4.69, 9.17) is 16.3 Å². The van der Waals surface area contributed by atoms with Crippen molar-refractivity contribution in [1.29, 1.82) is 0 Å². The quantitative estimate of drug-likeness (QED) is 0.619. The van der Waals surface area contributed by atoms with E-state index in [1.807, 2.05) is 36.6 Å². The summed E-state index contributed by atoms with van der Waals surface area (Å²) in [5.74, 6) is 0.704. The number of nitrogens with one attached hydrogen (secondary N) is 1. The standard InChI is InChI=1S/C20H22ClN3O2S/c1-4-24-18(17(21)9-23-24)10-22-20(25)19-8-15(12-27-19)11-26-16-6-5-13(2)14(3)7-16/h5-9,12H,4,10-11H2,1-3H3,(H,22,25). The van der Waals surface area contributed by atoms with Crippen LogP contribution in [0.25, 0.3) is 0 Å². The van der Waals surface area contributed by atoms with Crippen LogP contribution >= 0.6 is 22.9 Å². The molecule has 3 aromatic rings. The predicted octanol–water partition coefficient (Wildman–Crippen LogP) is 4.74. The first-order valence-electron chi connectivity index (χ1n) is 8.73. The van der Waals surface area contributed by atoms with Crippen LogP contribution in [0.4, 0.5) is 0 Å². The Kier molecular flexibility index (Phi) is 6.19. The molecule has 0 atom stereocenters. The Balaban J connectivity index is 1.57. The van der Waals surface area contributed by atoms with Gasteiger partial charge in [-0.1, -0.05) is 17.7 Å². The smallest absolute Gasteiger partial charge is 0.261 e. The largest absolute Gasteiger partial charge is 0.489 e. The number of ether oxygens (including phenoxy) is 1. The molecule has 0 spiro atoms. The van der Waals surface area contributed by atoms with Crippen LogP contribution in [-0.2, 0) is 19.7 Å². The highest BCUT2D eigenvalue weighted by atomic mass is 35.5. The van der Waals surface area contributed by atoms with Gasteiger partial charge in [0.15, 0.2) is 0 Å². The minimum atomic E-state index is -0.127. The second-order valence-corrected chi connectivity index (χ2v) is 7.61. The van der Waals surface area contributed by atoms with Crippen LogP contribution in [0.3, 0.4) is 0 Å². The molecule has 3 rings (SSSR count). The Morgan fingerprint density at radius 1 is 1.30 bits per heavy atom. The van der Waals surface area contributed by atoms with Crippen molar-refractivity contribution in [3.63, 3.8) is 0 Å². The van der Waals surface area contributed by atoms with Gasteiger partial charge in [0.25, 0.3) is 5.91 Å². The lowest BCUT2D eigenvalue weighted by molar-refractivity contribution is 0.0954. The third kappa shape index (κ3) is 4.70. The lowest BCUT2D eigenvalue weighted by Gasteiger charge is -2.07. The van der Waals surface area contributed by atoms with Crippen LogP contribution in [0.1, 0.15) is 39.0 Å². The van der Waals surface area contributed by atoms with E-state index >= 15 is 0 Å². The summed E-state index contributed by atoms with van der Waals surface area (Å²) in [5, 5.41) is 9.58. The molecule has 2 heterocycles. The number of nitrogens with zero attached hydrogens (tertiary/aromatic N) is 2. The molecule has 0 fully saturated rings. The van der Waals surface area contributed by atoms with Crippen molar-refractivity contribution < 1.29 is 9.53 Å². The molecule has 0 aliphatic carbocycles. The molecule has 27 heavy (non-hydrogen) atoms. The molecule has 1 aromatic carbocycles. The summed E-state index contributed by atoms with van der Waals surface area (Å²) in [6, 6.07) is 7.89. The molecule has 0 aliphatic heterocycles. The highest BCUT2D eigenvalue weighted by Gasteiger charge is 2.13. The van der Waals surface area contributed by atoms with Crippen molar-refractivity contribution in [2.45, 2.75) is 40.5 Å². The topological polar surface area (TPSA) is 56.2 Å². The number of hydrogen-bond donors (Lipinski definition) is 1. The molecule has 0 saturated carbocycles. The first kappa shape index (κ1) is 19.5. The summed E-state index contributed by atoms with van der Waals surface area (Å²) < 4.78 is 7.61. The van der Waals surface area contributed by atoms with Crippen molar-refractivity contribution in [2.24, 2.45) is 0 Å². The average molecular weight is 404 g/mol. The molecular weight excluding hydrogens is 382 g/mol. The van der Waals surface area contributed by atoms with Crippen LogP contribution in [0.15, 0.2) is 35.8 Å². The SMILES string of the molecule is CCn1ncc(Cl)c1CNC(=O)c1cc(COc2ccc(C)c(C)c2)cs1. The molecule has 7 heteroatoms. The highest BCUT2D eigenvalue weighted by molar-refractivity contribution is 7.12. The number of amides is 1. The van der Waals surface area contributed by atoms with E-state index in [9.17, 15) is 4.79 Å². The van der Waals surface area contributed by atoms with Crippen LogP contribution in [0, 0.1) is 13.8 Å². The molecular formula is C20H22ClN3O2S. The minimum absolute atomic E-state index is 0.127. The van der Waals surface area contributed by atoms with Gasteiger partial charge >= 0.3 is 0 Å². The van der Waals surface area contributed by atoms with Gasteiger partial charge in [0.05, 0.1) is 28.3 Å². The van der Waals surface area contributed by atoms with Crippen molar-refractivity contribution in [1.82, 2.24) is 15.1 Å². The monoisotopic (exact) mass is 403 g/mol. The second-order valence-electron chi connectivity index (χ2n) is 6.29. The van der Waals surface area contributed by atoms with E-state index in [0.29, 0.717) is 29.6 Å². The Hall–Kier alpha value is -2.31. The predicted molar refractivity (Wildman–Crippen MR) is 109 cm³/mol. The average Bonchev–Trinajstić information content (AvgIpc) is 3.27. The zero-order valence-corrected chi connectivity index (χ0v) is 17.2. The van der Waals surface area contributed by atoms with E-state index in [0.717, 1.165) is 17.0 Å². The van der Waals surface area contributed by atoms with Gasteiger partial charge in [0.1, 0.15) is 12.4 Å². The molecule has 0 aliphatic rings. The van der Waals surface area contributed by atoms with Gasteiger partial charge in [-0.15, -0.1) is 11.3 Å². The first-order chi connectivity index (χ1) is 13.0. The van der Waals surface area contributed by atoms with Gasteiger partial charge in [-0.3, -0.25) is 9.48 Å². The Morgan fingerprint density at radius 2 is 2.11 bits per heavy atom. The zero-order chi connectivity index (χ0) is 19.4. The van der Waals surface area contributed by atoms with Crippen molar-refractivity contribution in [2.75, 3.05) is 0 Å². The molecule has 0 radical (unpaired) electrons. The fourth-order valence-electron chi connectivity index (χ4n) is 2.63. The molecule has 0 unspecified atom stereocenters. The van der Waals surface area contributed by atoms with Gasteiger partial charge in [0, 0.05) is 12.1 Å². The third-order valence-electron chi connectivity index (χ3n) is 4.38. The maximum absolute atomic E-state index is 12.4. The van der Waals surface area contributed by atoms with Gasteiger partial charge < -0.3 is 10.1 Å². The number of hydrogen-bond acceptors (Lipinski definition) is 4. The number of benzene rings is 1. The molecule has 2 aromatic heterocycles. The van der Waals surface area contributed by atoms with Crippen LogP contribution < -0.4 is 10.1 Å². The lowest BCUT2D eigenvalue weighted by atomic mass is 10.1. The van der Waals surface area contributed by atoms with Gasteiger partial charge in [-0.25, -0.2) is 0 Å². The zero-order valence-electron chi connectivity index (χ0n) is 15.6. The van der Waals surface area contributed by atoms with E-state index in [1.165, 1.54) is 22.5 Å². The third-order valence-corrected chi connectivity index (χ3v) is 5.67. The summed E-state index contributed by atoms with van der Waals surface area (Å²) in [5.41, 5.74) is 4.21. The number of aromatic nitrogens is 2. The van der Waals surface area contributed by atoms with E-state index in [2.05, 4.69) is 24.3 Å². The Labute approximate surface area is 167 Å². The summed E-state index contributed by atoms with van der Waals surface area (Å²) in [6.07, 6.45) is 1.60. The number of carbonyl (C=O) groups is 1. The highest BCUT2D eigenvalue weighted by Crippen LogP contribution is 2.21. The molecule has 1 amide bonds. The van der Waals surface area contributed by atoms with Crippen LogP contribution in [-0.4, -0.2) is 15.7 Å². The first-order valence-corrected chi connectivity index (χ1v) is 9.99. The maximum Gasteiger partial charge on any atom is 0.261 e.